The lowest BCUT2D eigenvalue weighted by molar-refractivity contribution is 0.0170. The summed E-state index contributed by atoms with van der Waals surface area (Å²) in [6.45, 7) is -2.22. The van der Waals surface area contributed by atoms with Crippen molar-refractivity contribution in [2.45, 2.75) is 10.9 Å². The Morgan fingerprint density at radius 1 is 1.47 bits per heavy atom. The standard InChI is InChI=1S/C8H10F3N3O2S/c9-6-2-1-3-13-7(6)17(15,16)14-5-8(10,11)4-12/h1-3,14H,4-5,12H2. The first-order chi connectivity index (χ1) is 7.78. The molecule has 3 N–H and O–H groups in total. The third-order valence-electron chi connectivity index (χ3n) is 1.80. The molecule has 0 radical (unpaired) electrons. The third kappa shape index (κ3) is 3.65. The Labute approximate surface area is 95.9 Å². The summed E-state index contributed by atoms with van der Waals surface area (Å²) in [5, 5.41) is -0.923. The van der Waals surface area contributed by atoms with Crippen LogP contribution in [0.15, 0.2) is 23.4 Å². The molecule has 0 bridgehead atoms. The maximum absolute atomic E-state index is 13.1. The molecule has 1 heterocycles. The molecule has 0 aromatic carbocycles. The Morgan fingerprint density at radius 3 is 2.65 bits per heavy atom. The van der Waals surface area contributed by atoms with E-state index in [2.05, 4.69) is 4.98 Å². The van der Waals surface area contributed by atoms with Crippen LogP contribution in [0.3, 0.4) is 0 Å². The number of rotatable bonds is 5. The van der Waals surface area contributed by atoms with E-state index in [1.807, 2.05) is 0 Å². The fourth-order valence-electron chi connectivity index (χ4n) is 0.910. The summed E-state index contributed by atoms with van der Waals surface area (Å²) in [6.07, 6.45) is 1.04. The first kappa shape index (κ1) is 13.9. The van der Waals surface area contributed by atoms with Gasteiger partial charge in [-0.2, -0.15) is 0 Å². The van der Waals surface area contributed by atoms with Gasteiger partial charge in [-0.3, -0.25) is 0 Å². The topological polar surface area (TPSA) is 85.1 Å². The van der Waals surface area contributed by atoms with Gasteiger partial charge in [-0.25, -0.2) is 31.3 Å². The van der Waals surface area contributed by atoms with Crippen molar-refractivity contribution in [1.82, 2.24) is 9.71 Å². The minimum atomic E-state index is -4.41. The van der Waals surface area contributed by atoms with E-state index in [0.717, 1.165) is 12.3 Å². The highest BCUT2D eigenvalue weighted by Crippen LogP contribution is 2.13. The Kier molecular flexibility index (Phi) is 4.07. The number of nitrogens with zero attached hydrogens (tertiary/aromatic N) is 1. The molecule has 17 heavy (non-hydrogen) atoms. The van der Waals surface area contributed by atoms with Crippen molar-refractivity contribution >= 4 is 10.0 Å². The fourth-order valence-corrected chi connectivity index (χ4v) is 1.97. The Bertz CT molecular complexity index is 493. The van der Waals surface area contributed by atoms with E-state index >= 15 is 0 Å². The zero-order valence-corrected chi connectivity index (χ0v) is 9.35. The summed E-state index contributed by atoms with van der Waals surface area (Å²) in [6, 6.07) is 2.05. The third-order valence-corrected chi connectivity index (χ3v) is 3.13. The largest absolute Gasteiger partial charge is 0.325 e. The van der Waals surface area contributed by atoms with Gasteiger partial charge >= 0.3 is 0 Å². The average Bonchev–Trinajstić information content (AvgIpc) is 2.27. The molecule has 0 atom stereocenters. The van der Waals surface area contributed by atoms with Crippen LogP contribution in [-0.2, 0) is 10.0 Å². The molecule has 0 unspecified atom stereocenters. The molecule has 9 heteroatoms. The molecular weight excluding hydrogens is 259 g/mol. The van der Waals surface area contributed by atoms with Crippen molar-refractivity contribution in [3.63, 3.8) is 0 Å². The number of nitrogens with one attached hydrogen (secondary N) is 1. The van der Waals surface area contributed by atoms with Crippen LogP contribution in [0, 0.1) is 5.82 Å². The first-order valence-corrected chi connectivity index (χ1v) is 5.95. The van der Waals surface area contributed by atoms with Gasteiger partial charge in [0.15, 0.2) is 5.82 Å². The summed E-state index contributed by atoms with van der Waals surface area (Å²) in [5.74, 6) is -4.51. The molecule has 0 fully saturated rings. The summed E-state index contributed by atoms with van der Waals surface area (Å²) in [5.41, 5.74) is 4.73. The quantitative estimate of drug-likeness (QED) is 0.793. The van der Waals surface area contributed by atoms with Gasteiger partial charge in [-0.15, -0.1) is 0 Å². The maximum atomic E-state index is 13.1. The number of sulfonamides is 1. The van der Waals surface area contributed by atoms with E-state index < -0.39 is 39.9 Å². The Morgan fingerprint density at radius 2 is 2.12 bits per heavy atom. The molecule has 0 saturated heterocycles. The number of hydrogen-bond acceptors (Lipinski definition) is 4. The second-order valence-corrected chi connectivity index (χ2v) is 4.86. The molecule has 96 valence electrons. The van der Waals surface area contributed by atoms with Crippen molar-refractivity contribution in [2.75, 3.05) is 13.1 Å². The van der Waals surface area contributed by atoms with E-state index in [1.54, 1.807) is 4.72 Å². The molecule has 5 nitrogen and oxygen atoms in total. The highest BCUT2D eigenvalue weighted by molar-refractivity contribution is 7.89. The van der Waals surface area contributed by atoms with Crippen LogP contribution in [0.4, 0.5) is 13.2 Å². The second-order valence-electron chi connectivity index (χ2n) is 3.18. The van der Waals surface area contributed by atoms with Gasteiger partial charge in [0.2, 0.25) is 5.03 Å². The van der Waals surface area contributed by atoms with E-state index in [9.17, 15) is 21.6 Å². The zero-order chi connectivity index (χ0) is 13.1. The monoisotopic (exact) mass is 269 g/mol. The average molecular weight is 269 g/mol. The Balaban J connectivity index is 2.88. The second kappa shape index (κ2) is 4.98. The van der Waals surface area contributed by atoms with Gasteiger partial charge in [0, 0.05) is 6.20 Å². The van der Waals surface area contributed by atoms with Gasteiger partial charge < -0.3 is 5.73 Å². The highest BCUT2D eigenvalue weighted by atomic mass is 32.2. The predicted molar refractivity (Wildman–Crippen MR) is 53.4 cm³/mol. The molecule has 0 aliphatic rings. The lowest BCUT2D eigenvalue weighted by Gasteiger charge is -2.14. The van der Waals surface area contributed by atoms with Crippen molar-refractivity contribution in [2.24, 2.45) is 5.73 Å². The van der Waals surface area contributed by atoms with E-state index in [-0.39, 0.29) is 0 Å². The minimum absolute atomic E-state index is 0.864. The molecule has 1 rings (SSSR count). The van der Waals surface area contributed by atoms with Crippen molar-refractivity contribution in [3.8, 4) is 0 Å². The van der Waals surface area contributed by atoms with Gasteiger partial charge in [0.05, 0.1) is 13.1 Å². The van der Waals surface area contributed by atoms with Crippen molar-refractivity contribution in [3.05, 3.63) is 24.1 Å². The number of aromatic nitrogens is 1. The SMILES string of the molecule is NCC(F)(F)CNS(=O)(=O)c1ncccc1F. The lowest BCUT2D eigenvalue weighted by atomic mass is 10.3. The van der Waals surface area contributed by atoms with E-state index in [4.69, 9.17) is 5.73 Å². The molecule has 0 aliphatic heterocycles. The Hall–Kier alpha value is -1.19. The van der Waals surface area contributed by atoms with Gasteiger partial charge in [0.25, 0.3) is 15.9 Å². The zero-order valence-electron chi connectivity index (χ0n) is 8.53. The number of pyridine rings is 1. The maximum Gasteiger partial charge on any atom is 0.273 e. The van der Waals surface area contributed by atoms with Crippen molar-refractivity contribution in [1.29, 1.82) is 0 Å². The van der Waals surface area contributed by atoms with Crippen LogP contribution in [0.2, 0.25) is 0 Å². The van der Waals surface area contributed by atoms with E-state index in [1.165, 1.54) is 6.07 Å². The number of alkyl halides is 2. The van der Waals surface area contributed by atoms with Crippen LogP contribution in [-0.4, -0.2) is 32.4 Å². The summed E-state index contributed by atoms with van der Waals surface area (Å²) < 4.78 is 63.0. The van der Waals surface area contributed by atoms with Gasteiger partial charge in [-0.05, 0) is 12.1 Å². The molecule has 1 aromatic rings. The molecular formula is C8H10F3N3O2S. The molecule has 1 aromatic heterocycles. The number of nitrogens with two attached hydrogens (primary N) is 1. The molecule has 0 amide bonds. The highest BCUT2D eigenvalue weighted by Gasteiger charge is 2.30. The number of hydrogen-bond donors (Lipinski definition) is 2. The predicted octanol–water partition coefficient (Wildman–Crippen LogP) is 0.0930. The van der Waals surface area contributed by atoms with E-state index in [0.29, 0.717) is 0 Å². The van der Waals surface area contributed by atoms with Gasteiger partial charge in [-0.1, -0.05) is 0 Å². The molecule has 0 spiro atoms. The lowest BCUT2D eigenvalue weighted by Crippen LogP contribution is -2.41. The smallest absolute Gasteiger partial charge is 0.273 e. The minimum Gasteiger partial charge on any atom is -0.325 e. The normalized spacial score (nSPS) is 12.7. The fraction of sp³-hybridized carbons (Fsp3) is 0.375. The van der Waals surface area contributed by atoms with Crippen LogP contribution in [0.5, 0.6) is 0 Å². The first-order valence-electron chi connectivity index (χ1n) is 4.46. The number of halogens is 3. The summed E-state index contributed by atoms with van der Waals surface area (Å²) >= 11 is 0. The van der Waals surface area contributed by atoms with Crippen LogP contribution in [0.25, 0.3) is 0 Å². The summed E-state index contributed by atoms with van der Waals surface area (Å²) in [4.78, 5) is 3.27. The van der Waals surface area contributed by atoms with Crippen LogP contribution < -0.4 is 10.5 Å². The summed E-state index contributed by atoms with van der Waals surface area (Å²) in [7, 11) is -4.41. The molecule has 0 saturated carbocycles. The van der Waals surface area contributed by atoms with Crippen molar-refractivity contribution < 1.29 is 21.6 Å². The molecule has 0 aliphatic carbocycles. The van der Waals surface area contributed by atoms with Gasteiger partial charge in [0.1, 0.15) is 0 Å². The van der Waals surface area contributed by atoms with Crippen LogP contribution >= 0.6 is 0 Å². The van der Waals surface area contributed by atoms with Crippen LogP contribution in [0.1, 0.15) is 0 Å².